The Bertz CT molecular complexity index is 929. The minimum absolute atomic E-state index is 0.108. The minimum atomic E-state index is -1.67. The van der Waals surface area contributed by atoms with Crippen molar-refractivity contribution >= 4 is 5.71 Å². The number of nitrogens with zero attached hydrogens (tertiary/aromatic N) is 3. The van der Waals surface area contributed by atoms with Crippen LogP contribution in [0, 0.1) is 56.7 Å². The number of hydrogen-bond acceptors (Lipinski definition) is 5. The molecule has 1 saturated carbocycles. The van der Waals surface area contributed by atoms with Crippen molar-refractivity contribution in [3.63, 3.8) is 0 Å². The van der Waals surface area contributed by atoms with Crippen LogP contribution in [0.3, 0.4) is 0 Å². The lowest BCUT2D eigenvalue weighted by atomic mass is 9.54. The molecule has 0 saturated heterocycles. The molecule has 1 fully saturated rings. The maximum atomic E-state index is 10.1. The number of nitrogens with one attached hydrogen (secondary N) is 2. The van der Waals surface area contributed by atoms with Crippen LogP contribution in [0.15, 0.2) is 35.9 Å². The highest BCUT2D eigenvalue weighted by atomic mass is 16.5. The molecule has 2 aliphatic rings. The van der Waals surface area contributed by atoms with E-state index in [2.05, 4.69) is 38.1 Å². The van der Waals surface area contributed by atoms with Crippen LogP contribution in [0.2, 0.25) is 0 Å². The Balaban J connectivity index is 2.25. The fourth-order valence-electron chi connectivity index (χ4n) is 4.60. The number of rotatable bonds is 3. The van der Waals surface area contributed by atoms with Gasteiger partial charge in [-0.15, -0.1) is 0 Å². The lowest BCUT2D eigenvalue weighted by Gasteiger charge is -2.47. The summed E-state index contributed by atoms with van der Waals surface area (Å²) >= 11 is 0. The summed E-state index contributed by atoms with van der Waals surface area (Å²) in [6.45, 7) is 5.79. The summed E-state index contributed by atoms with van der Waals surface area (Å²) in [5, 5.41) is 38.5. The van der Waals surface area contributed by atoms with E-state index in [9.17, 15) is 15.8 Å². The Hall–Kier alpha value is -3.14. The second kappa shape index (κ2) is 7.47. The smallest absolute Gasteiger partial charge is 0.189 e. The molecule has 2 unspecified atom stereocenters. The minimum Gasteiger partial charge on any atom is -0.497 e. The summed E-state index contributed by atoms with van der Waals surface area (Å²) in [6, 6.07) is 14.2. The Kier molecular flexibility index (Phi) is 5.23. The van der Waals surface area contributed by atoms with E-state index in [4.69, 9.17) is 10.1 Å². The van der Waals surface area contributed by atoms with Crippen LogP contribution >= 0.6 is 0 Å². The van der Waals surface area contributed by atoms with E-state index in [0.717, 1.165) is 24.2 Å². The van der Waals surface area contributed by atoms with Gasteiger partial charge in [-0.3, -0.25) is 0 Å². The van der Waals surface area contributed by atoms with Crippen molar-refractivity contribution in [3.05, 3.63) is 41.5 Å². The third kappa shape index (κ3) is 2.85. The van der Waals surface area contributed by atoms with Crippen LogP contribution in [0.4, 0.5) is 0 Å². The Morgan fingerprint density at radius 2 is 1.96 bits per heavy atom. The van der Waals surface area contributed by atoms with Crippen LogP contribution in [0.1, 0.15) is 25.3 Å². The second-order valence-corrected chi connectivity index (χ2v) is 7.79. The van der Waals surface area contributed by atoms with Crippen molar-refractivity contribution in [2.45, 2.75) is 25.8 Å². The van der Waals surface area contributed by atoms with Crippen LogP contribution < -0.4 is 9.64 Å². The van der Waals surface area contributed by atoms with Gasteiger partial charge in [0, 0.05) is 11.8 Å². The molecule has 142 valence electrons. The zero-order valence-electron chi connectivity index (χ0n) is 16.4. The molecule has 1 aromatic rings. The highest BCUT2D eigenvalue weighted by Gasteiger charge is 2.58. The molecule has 4 atom stereocenters. The maximum Gasteiger partial charge on any atom is 0.189 e. The number of fused-ring (bicyclic) bond motifs is 1. The largest absolute Gasteiger partial charge is 0.497 e. The highest BCUT2D eigenvalue weighted by molar-refractivity contribution is 6.00. The predicted molar refractivity (Wildman–Crippen MR) is 104 cm³/mol. The molecule has 28 heavy (non-hydrogen) atoms. The van der Waals surface area contributed by atoms with Gasteiger partial charge in [0.2, 0.25) is 0 Å². The van der Waals surface area contributed by atoms with Crippen molar-refractivity contribution in [2.24, 2.45) is 17.3 Å². The van der Waals surface area contributed by atoms with E-state index < -0.39 is 17.3 Å². The molecule has 1 aromatic carbocycles. The first-order valence-electron chi connectivity index (χ1n) is 9.43. The standard InChI is InChI=1S/C22H23N5O/c1-14(2)27-8-7-17-18(10-23)21(26)22(12-24,13-25)20(19(17)11-27)15-5-4-6-16(9-15)28-3/h4-7,9,14,18-20,26H,8,11H2,1-3H3/p+1/t18?,19-,20-/m0/s1. The summed E-state index contributed by atoms with van der Waals surface area (Å²) in [4.78, 5) is 1.34. The molecule has 1 aliphatic heterocycles. The third-order valence-electron chi connectivity index (χ3n) is 6.18. The number of methoxy groups -OCH3 is 1. The molecule has 6 heteroatoms. The average Bonchev–Trinajstić information content (AvgIpc) is 2.72. The van der Waals surface area contributed by atoms with Crippen LogP contribution in [0.5, 0.6) is 5.75 Å². The Morgan fingerprint density at radius 3 is 2.54 bits per heavy atom. The van der Waals surface area contributed by atoms with Crippen LogP contribution in [-0.4, -0.2) is 32.0 Å². The Morgan fingerprint density at radius 1 is 1.25 bits per heavy atom. The third-order valence-corrected chi connectivity index (χ3v) is 6.18. The summed E-state index contributed by atoms with van der Waals surface area (Å²) in [5.41, 5.74) is -0.104. The van der Waals surface area contributed by atoms with E-state index in [1.807, 2.05) is 24.3 Å². The fraction of sp³-hybridized carbons (Fsp3) is 0.455. The van der Waals surface area contributed by atoms with E-state index in [0.29, 0.717) is 11.8 Å². The molecule has 0 aromatic heterocycles. The molecule has 1 heterocycles. The zero-order chi connectivity index (χ0) is 20.5. The normalized spacial score (nSPS) is 28.3. The van der Waals surface area contributed by atoms with Crippen molar-refractivity contribution in [1.82, 2.24) is 0 Å². The Labute approximate surface area is 165 Å². The summed E-state index contributed by atoms with van der Waals surface area (Å²) in [7, 11) is 1.58. The first-order valence-corrected chi connectivity index (χ1v) is 9.43. The molecule has 0 amide bonds. The molecule has 0 spiro atoms. The molecule has 0 radical (unpaired) electrons. The van der Waals surface area contributed by atoms with Gasteiger partial charge < -0.3 is 15.0 Å². The number of hydrogen-bond donors (Lipinski definition) is 2. The number of nitriles is 3. The quantitative estimate of drug-likeness (QED) is 0.787. The molecule has 6 nitrogen and oxygen atoms in total. The lowest BCUT2D eigenvalue weighted by Crippen LogP contribution is -3.16. The van der Waals surface area contributed by atoms with E-state index in [-0.39, 0.29) is 11.6 Å². The fourth-order valence-corrected chi connectivity index (χ4v) is 4.60. The molecular formula is C22H24N5O+. The summed E-state index contributed by atoms with van der Waals surface area (Å²) < 4.78 is 5.35. The van der Waals surface area contributed by atoms with E-state index in [1.165, 1.54) is 4.90 Å². The number of quaternary nitrogens is 1. The zero-order valence-corrected chi connectivity index (χ0v) is 16.4. The molecule has 0 bridgehead atoms. The number of benzene rings is 1. The molecular weight excluding hydrogens is 350 g/mol. The van der Waals surface area contributed by atoms with Crippen molar-refractivity contribution < 1.29 is 9.64 Å². The van der Waals surface area contributed by atoms with Gasteiger partial charge in [-0.25, -0.2) is 0 Å². The van der Waals surface area contributed by atoms with E-state index in [1.54, 1.807) is 7.11 Å². The van der Waals surface area contributed by atoms with Gasteiger partial charge in [0.25, 0.3) is 0 Å². The van der Waals surface area contributed by atoms with E-state index >= 15 is 0 Å². The van der Waals surface area contributed by atoms with Crippen LogP contribution in [0.25, 0.3) is 0 Å². The topological polar surface area (TPSA) is 109 Å². The van der Waals surface area contributed by atoms with Gasteiger partial charge in [0.1, 0.15) is 11.7 Å². The molecule has 2 N–H and O–H groups in total. The summed E-state index contributed by atoms with van der Waals surface area (Å²) in [6.07, 6.45) is 2.05. The first kappa shape index (κ1) is 19.6. The summed E-state index contributed by atoms with van der Waals surface area (Å²) in [5.74, 6) is -0.850. The van der Waals surface area contributed by atoms with Crippen molar-refractivity contribution in [3.8, 4) is 24.0 Å². The van der Waals surface area contributed by atoms with Gasteiger partial charge >= 0.3 is 0 Å². The average molecular weight is 374 g/mol. The molecule has 3 rings (SSSR count). The SMILES string of the molecule is COc1cccc([C@H]2[C@H]3C[NH+](C(C)C)CC=C3C(C#N)C(=N)C2(C#N)C#N)c1. The second-order valence-electron chi connectivity index (χ2n) is 7.79. The predicted octanol–water partition coefficient (Wildman–Crippen LogP) is 1.84. The lowest BCUT2D eigenvalue weighted by molar-refractivity contribution is -0.920. The molecule has 1 aliphatic carbocycles. The van der Waals surface area contributed by atoms with Crippen LogP contribution in [-0.2, 0) is 0 Å². The van der Waals surface area contributed by atoms with Gasteiger partial charge in [-0.1, -0.05) is 12.1 Å². The van der Waals surface area contributed by atoms with Gasteiger partial charge in [-0.05, 0) is 43.2 Å². The first-order chi connectivity index (χ1) is 13.4. The van der Waals surface area contributed by atoms with Crippen molar-refractivity contribution in [2.75, 3.05) is 20.2 Å². The highest BCUT2D eigenvalue weighted by Crippen LogP contribution is 2.52. The van der Waals surface area contributed by atoms with Crippen molar-refractivity contribution in [1.29, 1.82) is 21.2 Å². The monoisotopic (exact) mass is 374 g/mol. The number of ether oxygens (including phenoxy) is 1. The van der Waals surface area contributed by atoms with Gasteiger partial charge in [0.05, 0.1) is 50.2 Å². The maximum absolute atomic E-state index is 10.1. The van der Waals surface area contributed by atoms with Gasteiger partial charge in [0.15, 0.2) is 5.41 Å². The van der Waals surface area contributed by atoms with Gasteiger partial charge in [-0.2, -0.15) is 15.8 Å².